The summed E-state index contributed by atoms with van der Waals surface area (Å²) in [6.45, 7) is 3.17. The third kappa shape index (κ3) is 1.13. The third-order valence-electron chi connectivity index (χ3n) is 3.50. The molecule has 0 radical (unpaired) electrons. The first-order chi connectivity index (χ1) is 5.31. The van der Waals surface area contributed by atoms with E-state index in [1.807, 2.05) is 0 Å². The van der Waals surface area contributed by atoms with E-state index in [1.165, 1.54) is 0 Å². The molecule has 0 saturated heterocycles. The molecule has 3 fully saturated rings. The Morgan fingerprint density at radius 1 is 1.23 bits per heavy atom. The van der Waals surface area contributed by atoms with E-state index in [4.69, 9.17) is 5.73 Å². The van der Waals surface area contributed by atoms with Crippen molar-refractivity contribution in [3.05, 3.63) is 0 Å². The van der Waals surface area contributed by atoms with E-state index in [-0.39, 0.29) is 17.9 Å². The van der Waals surface area contributed by atoms with Crippen molar-refractivity contribution in [3.8, 4) is 0 Å². The van der Waals surface area contributed by atoms with Crippen molar-refractivity contribution in [2.75, 3.05) is 0 Å². The van der Waals surface area contributed by atoms with Gasteiger partial charge in [0.25, 0.3) is 5.92 Å². The van der Waals surface area contributed by atoms with Gasteiger partial charge in [-0.05, 0) is 19.3 Å². The maximum Gasteiger partial charge on any atom is 0.256 e. The summed E-state index contributed by atoms with van der Waals surface area (Å²) in [6.07, 6.45) is 1.60. The van der Waals surface area contributed by atoms with Gasteiger partial charge >= 0.3 is 0 Å². The number of rotatable bonds is 2. The van der Waals surface area contributed by atoms with E-state index >= 15 is 0 Å². The van der Waals surface area contributed by atoms with Crippen LogP contribution in [0.4, 0.5) is 8.78 Å². The van der Waals surface area contributed by atoms with E-state index in [1.54, 1.807) is 13.8 Å². The maximum absolute atomic E-state index is 13.5. The van der Waals surface area contributed by atoms with Gasteiger partial charge in [-0.3, -0.25) is 0 Å². The second-order valence-electron chi connectivity index (χ2n) is 4.95. The minimum absolute atomic E-state index is 0. The summed E-state index contributed by atoms with van der Waals surface area (Å²) in [5.41, 5.74) is 4.81. The van der Waals surface area contributed by atoms with Crippen LogP contribution in [0.25, 0.3) is 0 Å². The molecule has 3 aliphatic rings. The Kier molecular flexibility index (Phi) is 2.21. The quantitative estimate of drug-likeness (QED) is 0.747. The van der Waals surface area contributed by atoms with Crippen LogP contribution in [0.15, 0.2) is 0 Å². The molecule has 3 rings (SSSR count). The molecule has 2 N–H and O–H groups in total. The minimum atomic E-state index is -2.51. The van der Waals surface area contributed by atoms with Crippen molar-refractivity contribution in [2.24, 2.45) is 17.1 Å². The van der Waals surface area contributed by atoms with Crippen molar-refractivity contribution in [1.82, 2.24) is 0 Å². The zero-order valence-corrected chi connectivity index (χ0v) is 8.76. The summed E-state index contributed by atoms with van der Waals surface area (Å²) in [6, 6.07) is 0. The fourth-order valence-electron chi connectivity index (χ4n) is 2.83. The molecule has 4 heteroatoms. The van der Waals surface area contributed by atoms with Crippen molar-refractivity contribution < 1.29 is 8.78 Å². The Labute approximate surface area is 83.5 Å². The highest BCUT2D eigenvalue weighted by atomic mass is 35.5. The third-order valence-corrected chi connectivity index (χ3v) is 3.50. The van der Waals surface area contributed by atoms with Crippen molar-refractivity contribution in [2.45, 2.75) is 44.6 Å². The number of nitrogens with two attached hydrogens (primary N) is 1. The summed E-state index contributed by atoms with van der Waals surface area (Å²) in [4.78, 5) is 0. The highest BCUT2D eigenvalue weighted by Gasteiger charge is 2.76. The fourth-order valence-corrected chi connectivity index (χ4v) is 2.83. The molecule has 0 aromatic rings. The topological polar surface area (TPSA) is 26.0 Å². The molecule has 3 aliphatic carbocycles. The van der Waals surface area contributed by atoms with Crippen LogP contribution in [0.5, 0.6) is 0 Å². The summed E-state index contributed by atoms with van der Waals surface area (Å²) >= 11 is 0. The average molecular weight is 212 g/mol. The molecular formula is C9H16ClF2N. The van der Waals surface area contributed by atoms with Gasteiger partial charge in [-0.2, -0.15) is 0 Å². The second-order valence-corrected chi connectivity index (χ2v) is 4.95. The van der Waals surface area contributed by atoms with Crippen LogP contribution in [0.2, 0.25) is 0 Å². The van der Waals surface area contributed by atoms with Crippen LogP contribution in [0.3, 0.4) is 0 Å². The van der Waals surface area contributed by atoms with Crippen LogP contribution in [0.1, 0.15) is 33.1 Å². The normalized spacial score (nSPS) is 42.0. The molecular weight excluding hydrogens is 196 g/mol. The van der Waals surface area contributed by atoms with E-state index in [2.05, 4.69) is 0 Å². The van der Waals surface area contributed by atoms with E-state index in [9.17, 15) is 8.78 Å². The number of hydrogen-bond acceptors (Lipinski definition) is 1. The molecule has 0 unspecified atom stereocenters. The van der Waals surface area contributed by atoms with E-state index in [0.29, 0.717) is 19.3 Å². The lowest BCUT2D eigenvalue weighted by atomic mass is 9.37. The Morgan fingerprint density at radius 2 is 1.62 bits per heavy atom. The summed E-state index contributed by atoms with van der Waals surface area (Å²) in [7, 11) is 0. The average Bonchev–Trinajstić information content (AvgIpc) is 1.78. The first-order valence-corrected chi connectivity index (χ1v) is 4.48. The van der Waals surface area contributed by atoms with Crippen LogP contribution in [-0.2, 0) is 0 Å². The Hall–Kier alpha value is 0.110. The standard InChI is InChI=1S/C9H15F2N.ClH/c1-6(2)9(10,11)7-3-8(12,4-7)5-7;/h6H,3-5,12H2,1-2H3;1H. The predicted octanol–water partition coefficient (Wildman–Crippen LogP) is 2.58. The molecule has 1 nitrogen and oxygen atoms in total. The van der Waals surface area contributed by atoms with Gasteiger partial charge in [0, 0.05) is 16.9 Å². The predicted molar refractivity (Wildman–Crippen MR) is 50.2 cm³/mol. The highest BCUT2D eigenvalue weighted by Crippen LogP contribution is 2.73. The van der Waals surface area contributed by atoms with Crippen LogP contribution in [0, 0.1) is 11.3 Å². The zero-order chi connectivity index (χ0) is 9.20. The van der Waals surface area contributed by atoms with Gasteiger partial charge in [0.05, 0.1) is 0 Å². The largest absolute Gasteiger partial charge is 0.325 e. The number of hydrogen-bond donors (Lipinski definition) is 1. The molecule has 3 saturated carbocycles. The highest BCUT2D eigenvalue weighted by molar-refractivity contribution is 5.85. The number of halogens is 3. The van der Waals surface area contributed by atoms with Gasteiger partial charge in [-0.1, -0.05) is 13.8 Å². The molecule has 0 atom stereocenters. The summed E-state index contributed by atoms with van der Waals surface area (Å²) < 4.78 is 27.1. The van der Waals surface area contributed by atoms with Gasteiger partial charge in [-0.25, -0.2) is 8.78 Å². The molecule has 0 aliphatic heterocycles. The fraction of sp³-hybridized carbons (Fsp3) is 1.00. The molecule has 78 valence electrons. The first-order valence-electron chi connectivity index (χ1n) is 4.48. The number of alkyl halides is 2. The van der Waals surface area contributed by atoms with Crippen molar-refractivity contribution in [1.29, 1.82) is 0 Å². The van der Waals surface area contributed by atoms with Gasteiger partial charge in [0.1, 0.15) is 0 Å². The Morgan fingerprint density at radius 3 is 1.85 bits per heavy atom. The van der Waals surface area contributed by atoms with Gasteiger partial charge in [0.15, 0.2) is 0 Å². The molecule has 0 aromatic heterocycles. The van der Waals surface area contributed by atoms with E-state index < -0.39 is 17.3 Å². The molecule has 0 amide bonds. The summed E-state index contributed by atoms with van der Waals surface area (Å²) in [5.74, 6) is -3.06. The van der Waals surface area contributed by atoms with Crippen LogP contribution >= 0.6 is 12.4 Å². The molecule has 2 bridgehead atoms. The first kappa shape index (κ1) is 11.2. The molecule has 0 aromatic carbocycles. The van der Waals surface area contributed by atoms with Crippen molar-refractivity contribution >= 4 is 12.4 Å². The molecule has 0 spiro atoms. The lowest BCUT2D eigenvalue weighted by molar-refractivity contribution is -0.290. The minimum Gasteiger partial charge on any atom is -0.325 e. The molecule has 13 heavy (non-hydrogen) atoms. The zero-order valence-electron chi connectivity index (χ0n) is 7.94. The second kappa shape index (κ2) is 2.57. The summed E-state index contributed by atoms with van der Waals surface area (Å²) in [5, 5.41) is 0. The smallest absolute Gasteiger partial charge is 0.256 e. The lowest BCUT2D eigenvalue weighted by Gasteiger charge is -2.71. The van der Waals surface area contributed by atoms with Crippen molar-refractivity contribution in [3.63, 3.8) is 0 Å². The monoisotopic (exact) mass is 211 g/mol. The SMILES string of the molecule is CC(C)C(F)(F)C12CC(N)(C1)C2.Cl. The van der Waals surface area contributed by atoms with E-state index in [0.717, 1.165) is 0 Å². The van der Waals surface area contributed by atoms with Gasteiger partial charge in [-0.15, -0.1) is 12.4 Å². The van der Waals surface area contributed by atoms with Gasteiger partial charge < -0.3 is 5.73 Å². The van der Waals surface area contributed by atoms with Gasteiger partial charge in [0.2, 0.25) is 0 Å². The molecule has 0 heterocycles. The van der Waals surface area contributed by atoms with Crippen LogP contribution in [-0.4, -0.2) is 11.5 Å². The van der Waals surface area contributed by atoms with Crippen LogP contribution < -0.4 is 5.73 Å². The lowest BCUT2D eigenvalue weighted by Crippen LogP contribution is -2.78. The maximum atomic E-state index is 13.5. The Balaban J connectivity index is 0.000000845. The Bertz CT molecular complexity index is 208.